The number of amides is 2. The molecule has 132 valence electrons. The lowest BCUT2D eigenvalue weighted by Gasteiger charge is -2.12. The van der Waals surface area contributed by atoms with Crippen molar-refractivity contribution in [2.75, 3.05) is 19.5 Å². The average molecular weight is 409 g/mol. The number of anilines is 1. The van der Waals surface area contributed by atoms with Gasteiger partial charge in [0.1, 0.15) is 6.61 Å². The fourth-order valence-corrected chi connectivity index (χ4v) is 2.54. The second-order valence-corrected chi connectivity index (χ2v) is 5.80. The molecule has 8 heteroatoms. The Labute approximate surface area is 153 Å². The molecule has 7 nitrogen and oxygen atoms in total. The molecule has 2 amide bonds. The van der Waals surface area contributed by atoms with Crippen LogP contribution in [0.25, 0.3) is 0 Å². The Morgan fingerprint density at radius 3 is 2.44 bits per heavy atom. The molecule has 0 aromatic heterocycles. The number of methoxy groups -OCH3 is 2. The second kappa shape index (κ2) is 8.39. The van der Waals surface area contributed by atoms with E-state index in [1.54, 1.807) is 30.3 Å². The van der Waals surface area contributed by atoms with Crippen molar-refractivity contribution in [1.82, 2.24) is 0 Å². The third-order valence-electron chi connectivity index (χ3n) is 3.28. The Morgan fingerprint density at radius 2 is 1.80 bits per heavy atom. The quantitative estimate of drug-likeness (QED) is 0.714. The van der Waals surface area contributed by atoms with Crippen molar-refractivity contribution in [2.45, 2.75) is 6.61 Å². The van der Waals surface area contributed by atoms with Gasteiger partial charge in [0.05, 0.1) is 19.8 Å². The van der Waals surface area contributed by atoms with Crippen LogP contribution in [-0.4, -0.2) is 26.2 Å². The Morgan fingerprint density at radius 1 is 1.12 bits per heavy atom. The zero-order chi connectivity index (χ0) is 18.4. The number of primary amides is 1. The summed E-state index contributed by atoms with van der Waals surface area (Å²) < 4.78 is 16.5. The van der Waals surface area contributed by atoms with Crippen molar-refractivity contribution in [3.63, 3.8) is 0 Å². The van der Waals surface area contributed by atoms with Crippen LogP contribution in [0.2, 0.25) is 0 Å². The number of hydrogen-bond acceptors (Lipinski definition) is 5. The molecule has 0 unspecified atom stereocenters. The van der Waals surface area contributed by atoms with Crippen molar-refractivity contribution < 1.29 is 23.8 Å². The molecule has 0 radical (unpaired) electrons. The summed E-state index contributed by atoms with van der Waals surface area (Å²) in [6.45, 7) is 0.0350. The van der Waals surface area contributed by atoms with Gasteiger partial charge in [-0.15, -0.1) is 0 Å². The standard InChI is InChI=1S/C17H17BrN2O5/c1-23-14-7-11(13(18)8-15(14)24-2)9-25-16(21)10-4-3-5-12(6-10)20-17(19)22/h3-8H,9H2,1-2H3,(H3,19,20,22). The molecule has 0 heterocycles. The predicted octanol–water partition coefficient (Wildman–Crippen LogP) is 3.31. The number of halogens is 1. The Hall–Kier alpha value is -2.74. The monoisotopic (exact) mass is 408 g/mol. The third-order valence-corrected chi connectivity index (χ3v) is 4.02. The highest BCUT2D eigenvalue weighted by atomic mass is 79.9. The number of rotatable bonds is 6. The van der Waals surface area contributed by atoms with E-state index in [2.05, 4.69) is 21.2 Å². The topological polar surface area (TPSA) is 99.9 Å². The van der Waals surface area contributed by atoms with Gasteiger partial charge in [-0.25, -0.2) is 9.59 Å². The molecule has 0 aliphatic carbocycles. The normalized spacial score (nSPS) is 10.0. The summed E-state index contributed by atoms with van der Waals surface area (Å²) in [6.07, 6.45) is 0. The number of hydrogen-bond donors (Lipinski definition) is 2. The van der Waals surface area contributed by atoms with Gasteiger partial charge in [0, 0.05) is 15.7 Å². The number of ether oxygens (including phenoxy) is 3. The first-order valence-corrected chi connectivity index (χ1v) is 7.98. The number of carbonyl (C=O) groups is 2. The maximum Gasteiger partial charge on any atom is 0.338 e. The minimum Gasteiger partial charge on any atom is -0.493 e. The molecule has 3 N–H and O–H groups in total. The fraction of sp³-hybridized carbons (Fsp3) is 0.176. The van der Waals surface area contributed by atoms with E-state index in [1.807, 2.05) is 0 Å². The molecule has 25 heavy (non-hydrogen) atoms. The van der Waals surface area contributed by atoms with Crippen LogP contribution in [-0.2, 0) is 11.3 Å². The average Bonchev–Trinajstić information content (AvgIpc) is 2.59. The molecule has 0 aliphatic heterocycles. The minimum atomic E-state index is -0.709. The van der Waals surface area contributed by atoms with E-state index in [9.17, 15) is 9.59 Å². The van der Waals surface area contributed by atoms with E-state index >= 15 is 0 Å². The maximum absolute atomic E-state index is 12.2. The molecule has 0 saturated carbocycles. The lowest BCUT2D eigenvalue weighted by Crippen LogP contribution is -2.19. The van der Waals surface area contributed by atoms with Gasteiger partial charge in [-0.05, 0) is 30.3 Å². The lowest BCUT2D eigenvalue weighted by molar-refractivity contribution is 0.0471. The summed E-state index contributed by atoms with van der Waals surface area (Å²) in [5.74, 6) is 0.564. The highest BCUT2D eigenvalue weighted by Crippen LogP contribution is 2.33. The largest absolute Gasteiger partial charge is 0.493 e. The number of carbonyl (C=O) groups excluding carboxylic acids is 2. The zero-order valence-corrected chi connectivity index (χ0v) is 15.3. The molecular weight excluding hydrogens is 392 g/mol. The van der Waals surface area contributed by atoms with Crippen LogP contribution in [0.15, 0.2) is 40.9 Å². The number of esters is 1. The van der Waals surface area contributed by atoms with Crippen molar-refractivity contribution in [1.29, 1.82) is 0 Å². The van der Waals surface area contributed by atoms with Crippen molar-refractivity contribution in [2.24, 2.45) is 5.73 Å². The van der Waals surface area contributed by atoms with Crippen LogP contribution in [0, 0.1) is 0 Å². The van der Waals surface area contributed by atoms with Gasteiger partial charge in [0.25, 0.3) is 0 Å². The molecule has 0 saturated heterocycles. The van der Waals surface area contributed by atoms with Crippen LogP contribution >= 0.6 is 15.9 Å². The Bertz CT molecular complexity index is 795. The molecular formula is C17H17BrN2O5. The second-order valence-electron chi connectivity index (χ2n) is 4.94. The summed E-state index contributed by atoms with van der Waals surface area (Å²) in [5, 5.41) is 2.40. The molecule has 0 aliphatic rings. The molecule has 0 atom stereocenters. The maximum atomic E-state index is 12.2. The zero-order valence-electron chi connectivity index (χ0n) is 13.7. The van der Waals surface area contributed by atoms with Gasteiger partial charge >= 0.3 is 12.0 Å². The number of benzene rings is 2. The van der Waals surface area contributed by atoms with Crippen molar-refractivity contribution in [3.05, 3.63) is 52.0 Å². The molecule has 2 rings (SSSR count). The third kappa shape index (κ3) is 4.87. The molecule has 2 aromatic rings. The highest BCUT2D eigenvalue weighted by Gasteiger charge is 2.13. The van der Waals surface area contributed by atoms with Gasteiger partial charge in [0.15, 0.2) is 11.5 Å². The minimum absolute atomic E-state index is 0.0350. The Balaban J connectivity index is 2.11. The van der Waals surface area contributed by atoms with E-state index in [0.717, 1.165) is 10.0 Å². The van der Waals surface area contributed by atoms with E-state index < -0.39 is 12.0 Å². The lowest BCUT2D eigenvalue weighted by atomic mass is 10.2. The van der Waals surface area contributed by atoms with Gasteiger partial charge < -0.3 is 25.3 Å². The first-order chi connectivity index (χ1) is 11.9. The highest BCUT2D eigenvalue weighted by molar-refractivity contribution is 9.10. The summed E-state index contributed by atoms with van der Waals surface area (Å²) in [6, 6.07) is 9.05. The van der Waals surface area contributed by atoms with Gasteiger partial charge in [-0.2, -0.15) is 0 Å². The van der Waals surface area contributed by atoms with Crippen LogP contribution in [0.5, 0.6) is 11.5 Å². The van der Waals surface area contributed by atoms with E-state index in [4.69, 9.17) is 19.9 Å². The van der Waals surface area contributed by atoms with E-state index in [1.165, 1.54) is 20.3 Å². The SMILES string of the molecule is COc1cc(Br)c(COC(=O)c2cccc(NC(N)=O)c2)cc1OC. The summed E-state index contributed by atoms with van der Waals surface area (Å²) in [7, 11) is 3.07. The van der Waals surface area contributed by atoms with Crippen LogP contribution < -0.4 is 20.5 Å². The molecule has 2 aromatic carbocycles. The van der Waals surface area contributed by atoms with Crippen LogP contribution in [0.3, 0.4) is 0 Å². The summed E-state index contributed by atoms with van der Waals surface area (Å²) in [5.41, 5.74) is 6.48. The molecule has 0 fully saturated rings. The van der Waals surface area contributed by atoms with Crippen LogP contribution in [0.1, 0.15) is 15.9 Å². The first kappa shape index (κ1) is 18.6. The predicted molar refractivity (Wildman–Crippen MR) is 96.0 cm³/mol. The Kier molecular flexibility index (Phi) is 6.24. The van der Waals surface area contributed by atoms with E-state index in [0.29, 0.717) is 22.7 Å². The number of urea groups is 1. The van der Waals surface area contributed by atoms with Crippen LogP contribution in [0.4, 0.5) is 10.5 Å². The summed E-state index contributed by atoms with van der Waals surface area (Å²) >= 11 is 3.41. The van der Waals surface area contributed by atoms with Gasteiger partial charge in [-0.3, -0.25) is 0 Å². The van der Waals surface area contributed by atoms with Gasteiger partial charge in [-0.1, -0.05) is 22.0 Å². The van der Waals surface area contributed by atoms with Crippen molar-refractivity contribution >= 4 is 33.6 Å². The number of nitrogens with one attached hydrogen (secondary N) is 1. The fourth-order valence-electron chi connectivity index (χ4n) is 2.10. The molecule has 0 spiro atoms. The van der Waals surface area contributed by atoms with Crippen molar-refractivity contribution in [3.8, 4) is 11.5 Å². The number of nitrogens with two attached hydrogens (primary N) is 1. The van der Waals surface area contributed by atoms with Gasteiger partial charge in [0.2, 0.25) is 0 Å². The molecule has 0 bridgehead atoms. The first-order valence-electron chi connectivity index (χ1n) is 7.18. The smallest absolute Gasteiger partial charge is 0.338 e. The van der Waals surface area contributed by atoms with E-state index in [-0.39, 0.29) is 6.61 Å². The summed E-state index contributed by atoms with van der Waals surface area (Å²) in [4.78, 5) is 23.1.